The molecule has 0 bridgehead atoms. The van der Waals surface area contributed by atoms with Crippen LogP contribution in [0.5, 0.6) is 11.5 Å². The van der Waals surface area contributed by atoms with Crippen LogP contribution in [-0.4, -0.2) is 58.0 Å². The normalized spacial score (nSPS) is 16.3. The Balaban J connectivity index is 1.68. The van der Waals surface area contributed by atoms with Crippen LogP contribution in [0, 0.1) is 0 Å². The molecule has 3 rings (SSSR count). The molecule has 1 saturated heterocycles. The molecule has 0 unspecified atom stereocenters. The molecule has 0 N–H and O–H groups in total. The molecule has 0 aromatic heterocycles. The number of halogens is 1. The minimum atomic E-state index is -3.62. The van der Waals surface area contributed by atoms with E-state index in [4.69, 9.17) is 21.1 Å². The third-order valence-electron chi connectivity index (χ3n) is 4.64. The number of benzene rings is 2. The van der Waals surface area contributed by atoms with E-state index >= 15 is 0 Å². The van der Waals surface area contributed by atoms with E-state index < -0.39 is 10.0 Å². The van der Waals surface area contributed by atoms with Crippen LogP contribution >= 0.6 is 11.6 Å². The van der Waals surface area contributed by atoms with Crippen molar-refractivity contribution in [2.45, 2.75) is 11.4 Å². The van der Waals surface area contributed by atoms with E-state index in [9.17, 15) is 8.42 Å². The Morgan fingerprint density at radius 3 is 2.22 bits per heavy atom. The van der Waals surface area contributed by atoms with Crippen molar-refractivity contribution >= 4 is 21.6 Å². The highest BCUT2D eigenvalue weighted by Crippen LogP contribution is 2.31. The summed E-state index contributed by atoms with van der Waals surface area (Å²) in [6.45, 7) is 2.98. The first-order valence-corrected chi connectivity index (χ1v) is 10.4. The van der Waals surface area contributed by atoms with E-state index in [2.05, 4.69) is 4.90 Å². The number of nitrogens with zero attached hydrogens (tertiary/aromatic N) is 2. The third kappa shape index (κ3) is 4.55. The molecule has 0 radical (unpaired) electrons. The predicted molar refractivity (Wildman–Crippen MR) is 105 cm³/mol. The first kappa shape index (κ1) is 19.9. The minimum absolute atomic E-state index is 0.164. The summed E-state index contributed by atoms with van der Waals surface area (Å²) in [6.07, 6.45) is 0. The standard InChI is InChI=1S/C19H23ClN2O4S/c1-25-17-7-8-19(18(13-17)26-2)27(23,24)22-11-9-21(10-12-22)14-15-3-5-16(20)6-4-15/h3-8,13H,9-12,14H2,1-2H3. The van der Waals surface area contributed by atoms with Crippen molar-refractivity contribution in [3.05, 3.63) is 53.1 Å². The van der Waals surface area contributed by atoms with Gasteiger partial charge < -0.3 is 9.47 Å². The molecular weight excluding hydrogens is 388 g/mol. The van der Waals surface area contributed by atoms with Crippen LogP contribution in [0.1, 0.15) is 5.56 Å². The smallest absolute Gasteiger partial charge is 0.246 e. The van der Waals surface area contributed by atoms with E-state index in [0.717, 1.165) is 12.1 Å². The largest absolute Gasteiger partial charge is 0.497 e. The summed E-state index contributed by atoms with van der Waals surface area (Å²) in [5.41, 5.74) is 1.16. The lowest BCUT2D eigenvalue weighted by Crippen LogP contribution is -2.48. The van der Waals surface area contributed by atoms with Gasteiger partial charge in [-0.2, -0.15) is 4.31 Å². The van der Waals surface area contributed by atoms with E-state index in [1.165, 1.54) is 24.6 Å². The Bertz CT molecular complexity index is 879. The highest BCUT2D eigenvalue weighted by molar-refractivity contribution is 7.89. The summed E-state index contributed by atoms with van der Waals surface area (Å²) in [5.74, 6) is 0.844. The molecule has 1 fully saturated rings. The van der Waals surface area contributed by atoms with Crippen molar-refractivity contribution in [1.29, 1.82) is 0 Å². The SMILES string of the molecule is COc1ccc(S(=O)(=O)N2CCN(Cc3ccc(Cl)cc3)CC2)c(OC)c1. The molecule has 2 aromatic rings. The van der Waals surface area contributed by atoms with Gasteiger partial charge in [-0.3, -0.25) is 4.90 Å². The summed E-state index contributed by atoms with van der Waals surface area (Å²) in [7, 11) is -0.636. The number of ether oxygens (including phenoxy) is 2. The second kappa shape index (κ2) is 8.48. The van der Waals surface area contributed by atoms with Gasteiger partial charge in [0.15, 0.2) is 0 Å². The maximum absolute atomic E-state index is 13.0. The minimum Gasteiger partial charge on any atom is -0.497 e. The maximum atomic E-state index is 13.0. The van der Waals surface area contributed by atoms with Gasteiger partial charge in [0.25, 0.3) is 0 Å². The zero-order valence-electron chi connectivity index (χ0n) is 15.4. The van der Waals surface area contributed by atoms with Crippen LogP contribution in [0.3, 0.4) is 0 Å². The van der Waals surface area contributed by atoms with Crippen LogP contribution in [0.25, 0.3) is 0 Å². The molecule has 146 valence electrons. The highest BCUT2D eigenvalue weighted by atomic mass is 35.5. The quantitative estimate of drug-likeness (QED) is 0.732. The molecule has 1 heterocycles. The number of hydrogen-bond donors (Lipinski definition) is 0. The van der Waals surface area contributed by atoms with Gasteiger partial charge in [-0.15, -0.1) is 0 Å². The number of methoxy groups -OCH3 is 2. The van der Waals surface area contributed by atoms with Crippen molar-refractivity contribution in [2.24, 2.45) is 0 Å². The van der Waals surface area contributed by atoms with E-state index in [1.807, 2.05) is 24.3 Å². The Morgan fingerprint density at radius 2 is 1.63 bits per heavy atom. The molecule has 1 aliphatic heterocycles. The number of rotatable bonds is 6. The summed E-state index contributed by atoms with van der Waals surface area (Å²) >= 11 is 5.92. The molecule has 8 heteroatoms. The zero-order valence-corrected chi connectivity index (χ0v) is 17.0. The Labute approximate surface area is 165 Å². The third-order valence-corrected chi connectivity index (χ3v) is 6.83. The summed E-state index contributed by atoms with van der Waals surface area (Å²) in [5, 5.41) is 0.711. The lowest BCUT2D eigenvalue weighted by molar-refractivity contribution is 0.181. The van der Waals surface area contributed by atoms with Gasteiger partial charge in [-0.1, -0.05) is 23.7 Å². The van der Waals surface area contributed by atoms with Gasteiger partial charge in [-0.05, 0) is 29.8 Å². The van der Waals surface area contributed by atoms with Gasteiger partial charge in [0, 0.05) is 43.8 Å². The lowest BCUT2D eigenvalue weighted by Gasteiger charge is -2.34. The Kier molecular flexibility index (Phi) is 6.26. The van der Waals surface area contributed by atoms with Crippen LogP contribution in [0.4, 0.5) is 0 Å². The summed E-state index contributed by atoms with van der Waals surface area (Å²) in [4.78, 5) is 2.40. The van der Waals surface area contributed by atoms with Crippen molar-refractivity contribution in [3.8, 4) is 11.5 Å². The second-order valence-electron chi connectivity index (χ2n) is 6.32. The van der Waals surface area contributed by atoms with E-state index in [0.29, 0.717) is 37.0 Å². The molecule has 2 aromatic carbocycles. The average Bonchev–Trinajstić information content (AvgIpc) is 2.69. The zero-order chi connectivity index (χ0) is 19.4. The van der Waals surface area contributed by atoms with E-state index in [-0.39, 0.29) is 10.6 Å². The van der Waals surface area contributed by atoms with Gasteiger partial charge in [-0.25, -0.2) is 8.42 Å². The Hall–Kier alpha value is -1.80. The van der Waals surface area contributed by atoms with Crippen molar-refractivity contribution < 1.29 is 17.9 Å². The molecule has 0 spiro atoms. The van der Waals surface area contributed by atoms with E-state index in [1.54, 1.807) is 12.1 Å². The molecule has 0 saturated carbocycles. The summed E-state index contributed by atoms with van der Waals surface area (Å²) in [6, 6.07) is 12.5. The fraction of sp³-hybridized carbons (Fsp3) is 0.368. The fourth-order valence-electron chi connectivity index (χ4n) is 3.10. The number of piperazine rings is 1. The molecule has 0 amide bonds. The molecular formula is C19H23ClN2O4S. The van der Waals surface area contributed by atoms with Crippen molar-refractivity contribution in [1.82, 2.24) is 9.21 Å². The molecule has 1 aliphatic rings. The maximum Gasteiger partial charge on any atom is 0.246 e. The fourth-order valence-corrected chi connectivity index (χ4v) is 4.79. The molecule has 27 heavy (non-hydrogen) atoms. The van der Waals surface area contributed by atoms with Crippen LogP contribution in [0.2, 0.25) is 5.02 Å². The molecule has 0 atom stereocenters. The number of hydrogen-bond acceptors (Lipinski definition) is 5. The highest BCUT2D eigenvalue weighted by Gasteiger charge is 2.31. The average molecular weight is 411 g/mol. The lowest BCUT2D eigenvalue weighted by atomic mass is 10.2. The first-order chi connectivity index (χ1) is 12.9. The van der Waals surface area contributed by atoms with Crippen molar-refractivity contribution in [3.63, 3.8) is 0 Å². The van der Waals surface area contributed by atoms with Crippen LogP contribution in [-0.2, 0) is 16.6 Å². The summed E-state index contributed by atoms with van der Waals surface area (Å²) < 4.78 is 38.0. The van der Waals surface area contributed by atoms with Crippen LogP contribution < -0.4 is 9.47 Å². The van der Waals surface area contributed by atoms with Gasteiger partial charge >= 0.3 is 0 Å². The topological polar surface area (TPSA) is 59.1 Å². The second-order valence-corrected chi connectivity index (χ2v) is 8.67. The van der Waals surface area contributed by atoms with Crippen molar-refractivity contribution in [2.75, 3.05) is 40.4 Å². The monoisotopic (exact) mass is 410 g/mol. The Morgan fingerprint density at radius 1 is 0.963 bits per heavy atom. The van der Waals surface area contributed by atoms with Gasteiger partial charge in [0.1, 0.15) is 16.4 Å². The predicted octanol–water partition coefficient (Wildman–Crippen LogP) is 2.86. The van der Waals surface area contributed by atoms with Gasteiger partial charge in [0.05, 0.1) is 14.2 Å². The number of sulfonamides is 1. The molecule has 6 nitrogen and oxygen atoms in total. The molecule has 0 aliphatic carbocycles. The first-order valence-electron chi connectivity index (χ1n) is 8.63. The van der Waals surface area contributed by atoms with Gasteiger partial charge in [0.2, 0.25) is 10.0 Å². The van der Waals surface area contributed by atoms with Crippen LogP contribution in [0.15, 0.2) is 47.4 Å².